The van der Waals surface area contributed by atoms with Gasteiger partial charge in [0, 0.05) is 44.5 Å². The number of aromatic nitrogens is 1. The van der Waals surface area contributed by atoms with Crippen molar-refractivity contribution in [3.63, 3.8) is 0 Å². The summed E-state index contributed by atoms with van der Waals surface area (Å²) in [7, 11) is 0. The van der Waals surface area contributed by atoms with Crippen LogP contribution in [0.1, 0.15) is 19.4 Å². The van der Waals surface area contributed by atoms with Crippen LogP contribution >= 0.6 is 0 Å². The number of hydrogen-bond donors (Lipinski definition) is 3. The lowest BCUT2D eigenvalue weighted by Gasteiger charge is -2.38. The monoisotopic (exact) mass is 277 g/mol. The number of anilines is 1. The van der Waals surface area contributed by atoms with Crippen molar-refractivity contribution in [1.82, 2.24) is 9.88 Å². The molecule has 0 aromatic carbocycles. The lowest BCUT2D eigenvalue weighted by Crippen LogP contribution is -2.50. The highest BCUT2D eigenvalue weighted by molar-refractivity contribution is 6.00. The van der Waals surface area contributed by atoms with E-state index in [0.717, 1.165) is 37.4 Å². The molecule has 110 valence electrons. The number of nitrogens with one attached hydrogen (secondary N) is 1. The first kappa shape index (κ1) is 14.7. The minimum atomic E-state index is -0.666. The summed E-state index contributed by atoms with van der Waals surface area (Å²) < 4.78 is 0. The van der Waals surface area contributed by atoms with Gasteiger partial charge in [0.15, 0.2) is 0 Å². The maximum Gasteiger partial charge on any atom is 0.125 e. The fraction of sp³-hybridized carbons (Fsp3) is 0.571. The Hall–Kier alpha value is -1.66. The van der Waals surface area contributed by atoms with E-state index in [4.69, 9.17) is 11.1 Å². The van der Waals surface area contributed by atoms with Gasteiger partial charge in [0.2, 0.25) is 0 Å². The first-order valence-electron chi connectivity index (χ1n) is 6.85. The highest BCUT2D eigenvalue weighted by atomic mass is 16.3. The van der Waals surface area contributed by atoms with Gasteiger partial charge in [0.25, 0.3) is 0 Å². The van der Waals surface area contributed by atoms with Gasteiger partial charge in [-0.25, -0.2) is 0 Å². The Balaban J connectivity index is 2.03. The zero-order valence-corrected chi connectivity index (χ0v) is 12.1. The first-order valence-corrected chi connectivity index (χ1v) is 6.85. The predicted molar refractivity (Wildman–Crippen MR) is 80.2 cm³/mol. The number of β-amino-alcohol motifs (C(OH)–C–C–N with tert-alkyl or cyclic N) is 1. The Bertz CT molecular complexity index is 475. The van der Waals surface area contributed by atoms with Crippen LogP contribution in [0.25, 0.3) is 0 Å². The van der Waals surface area contributed by atoms with Crippen LogP contribution in [-0.2, 0) is 0 Å². The standard InChI is InChI=1S/C14H23N5O/c1-14(2,20)10-18-5-7-19(8-6-18)12-9-17-4-3-11(12)13(15)16/h3-4,9,20H,5-8,10H2,1-2H3,(H3,15,16). The van der Waals surface area contributed by atoms with Crippen LogP contribution in [0, 0.1) is 5.41 Å². The molecule has 20 heavy (non-hydrogen) atoms. The van der Waals surface area contributed by atoms with Crippen LogP contribution in [0.5, 0.6) is 0 Å². The van der Waals surface area contributed by atoms with Gasteiger partial charge in [-0.15, -0.1) is 0 Å². The van der Waals surface area contributed by atoms with Crippen molar-refractivity contribution in [2.45, 2.75) is 19.4 Å². The van der Waals surface area contributed by atoms with Gasteiger partial charge in [-0.3, -0.25) is 15.3 Å². The molecule has 0 bridgehead atoms. The van der Waals surface area contributed by atoms with Gasteiger partial charge in [0.1, 0.15) is 5.84 Å². The van der Waals surface area contributed by atoms with Gasteiger partial charge >= 0.3 is 0 Å². The zero-order chi connectivity index (χ0) is 14.8. The normalized spacial score (nSPS) is 17.2. The number of pyridine rings is 1. The molecule has 2 heterocycles. The van der Waals surface area contributed by atoms with Gasteiger partial charge in [-0.2, -0.15) is 0 Å². The van der Waals surface area contributed by atoms with Gasteiger partial charge in [0.05, 0.1) is 17.5 Å². The van der Waals surface area contributed by atoms with Crippen molar-refractivity contribution in [3.05, 3.63) is 24.0 Å². The Morgan fingerprint density at radius 1 is 1.40 bits per heavy atom. The number of amidine groups is 1. The summed E-state index contributed by atoms with van der Waals surface area (Å²) in [6, 6.07) is 1.78. The number of nitrogens with zero attached hydrogens (tertiary/aromatic N) is 3. The molecule has 0 radical (unpaired) electrons. The Morgan fingerprint density at radius 2 is 2.05 bits per heavy atom. The quantitative estimate of drug-likeness (QED) is 0.542. The zero-order valence-electron chi connectivity index (χ0n) is 12.1. The highest BCUT2D eigenvalue weighted by Crippen LogP contribution is 2.20. The summed E-state index contributed by atoms with van der Waals surface area (Å²) in [5, 5.41) is 17.5. The molecular formula is C14H23N5O. The van der Waals surface area contributed by atoms with Crippen molar-refractivity contribution >= 4 is 11.5 Å². The van der Waals surface area contributed by atoms with E-state index in [0.29, 0.717) is 6.54 Å². The van der Waals surface area contributed by atoms with Crippen LogP contribution < -0.4 is 10.6 Å². The van der Waals surface area contributed by atoms with E-state index < -0.39 is 5.60 Å². The Kier molecular flexibility index (Phi) is 4.25. The molecule has 0 atom stereocenters. The summed E-state index contributed by atoms with van der Waals surface area (Å²) >= 11 is 0. The van der Waals surface area contributed by atoms with E-state index in [2.05, 4.69) is 14.8 Å². The molecule has 0 saturated carbocycles. The highest BCUT2D eigenvalue weighted by Gasteiger charge is 2.24. The van der Waals surface area contributed by atoms with Crippen molar-refractivity contribution in [2.75, 3.05) is 37.6 Å². The minimum absolute atomic E-state index is 0.0707. The number of hydrogen-bond acceptors (Lipinski definition) is 5. The van der Waals surface area contributed by atoms with Crippen molar-refractivity contribution in [1.29, 1.82) is 5.41 Å². The molecule has 6 nitrogen and oxygen atoms in total. The second-order valence-corrected chi connectivity index (χ2v) is 5.88. The van der Waals surface area contributed by atoms with Crippen LogP contribution in [0.3, 0.4) is 0 Å². The lowest BCUT2D eigenvalue weighted by atomic mass is 10.1. The Labute approximate surface area is 119 Å². The number of rotatable bonds is 4. The molecule has 1 fully saturated rings. The lowest BCUT2D eigenvalue weighted by molar-refractivity contribution is 0.0345. The molecule has 1 aromatic rings. The van der Waals surface area contributed by atoms with E-state index in [1.54, 1.807) is 18.5 Å². The topological polar surface area (TPSA) is 89.5 Å². The molecule has 0 spiro atoms. The van der Waals surface area contributed by atoms with Crippen LogP contribution in [0.2, 0.25) is 0 Å². The van der Waals surface area contributed by atoms with E-state index in [-0.39, 0.29) is 5.84 Å². The number of aliphatic hydroxyl groups is 1. The number of nitrogens with two attached hydrogens (primary N) is 1. The van der Waals surface area contributed by atoms with Crippen molar-refractivity contribution < 1.29 is 5.11 Å². The molecular weight excluding hydrogens is 254 g/mol. The third-order valence-corrected chi connectivity index (χ3v) is 3.41. The minimum Gasteiger partial charge on any atom is -0.389 e. The third kappa shape index (κ3) is 3.68. The molecule has 0 amide bonds. The summed E-state index contributed by atoms with van der Waals surface area (Å²) in [6.07, 6.45) is 3.42. The fourth-order valence-electron chi connectivity index (χ4n) is 2.56. The van der Waals surface area contributed by atoms with E-state index in [1.165, 1.54) is 0 Å². The van der Waals surface area contributed by atoms with Crippen LogP contribution in [0.15, 0.2) is 18.5 Å². The molecule has 1 saturated heterocycles. The van der Waals surface area contributed by atoms with Gasteiger partial charge < -0.3 is 15.7 Å². The van der Waals surface area contributed by atoms with Crippen LogP contribution in [-0.4, -0.2) is 59.2 Å². The largest absolute Gasteiger partial charge is 0.389 e. The summed E-state index contributed by atoms with van der Waals surface area (Å²) in [4.78, 5) is 8.58. The average Bonchev–Trinajstić information content (AvgIpc) is 2.38. The third-order valence-electron chi connectivity index (χ3n) is 3.41. The van der Waals surface area contributed by atoms with E-state index in [9.17, 15) is 5.11 Å². The molecule has 1 aliphatic heterocycles. The fourth-order valence-corrected chi connectivity index (χ4v) is 2.56. The first-order chi connectivity index (χ1) is 9.37. The molecule has 0 aliphatic carbocycles. The van der Waals surface area contributed by atoms with Gasteiger partial charge in [-0.1, -0.05) is 0 Å². The SMILES string of the molecule is CC(C)(O)CN1CCN(c2cnccc2C(=N)N)CC1. The second kappa shape index (κ2) is 5.76. The smallest absolute Gasteiger partial charge is 0.125 e. The van der Waals surface area contributed by atoms with Gasteiger partial charge in [-0.05, 0) is 19.9 Å². The average molecular weight is 277 g/mol. The summed E-state index contributed by atoms with van der Waals surface area (Å²) in [5.41, 5.74) is 6.60. The number of nitrogen functional groups attached to an aromatic ring is 1. The molecule has 1 aliphatic rings. The second-order valence-electron chi connectivity index (χ2n) is 5.88. The van der Waals surface area contributed by atoms with Crippen molar-refractivity contribution in [2.24, 2.45) is 5.73 Å². The molecule has 4 N–H and O–H groups in total. The summed E-state index contributed by atoms with van der Waals surface area (Å²) in [6.45, 7) is 7.80. The number of piperazine rings is 1. The van der Waals surface area contributed by atoms with Crippen molar-refractivity contribution in [3.8, 4) is 0 Å². The maximum absolute atomic E-state index is 9.86. The van der Waals surface area contributed by atoms with Crippen LogP contribution in [0.4, 0.5) is 5.69 Å². The summed E-state index contributed by atoms with van der Waals surface area (Å²) in [5.74, 6) is 0.0707. The molecule has 2 rings (SSSR count). The maximum atomic E-state index is 9.86. The van der Waals surface area contributed by atoms with E-state index in [1.807, 2.05) is 13.8 Å². The molecule has 0 unspecified atom stereocenters. The molecule has 1 aromatic heterocycles. The predicted octanol–water partition coefficient (Wildman–Crippen LogP) is 0.259. The Morgan fingerprint density at radius 3 is 2.60 bits per heavy atom. The van der Waals surface area contributed by atoms with E-state index >= 15 is 0 Å². The molecule has 6 heteroatoms.